The number of pyridine rings is 1. The van der Waals surface area contributed by atoms with Crippen molar-refractivity contribution in [3.63, 3.8) is 0 Å². The molecule has 1 N–H and O–H groups in total. The Labute approximate surface area is 162 Å². The molecule has 5 nitrogen and oxygen atoms in total. The van der Waals surface area contributed by atoms with E-state index in [9.17, 15) is 9.90 Å². The smallest absolute Gasteiger partial charge is 0.271 e. The Balaban J connectivity index is 2.12. The second-order valence-corrected chi connectivity index (χ2v) is 8.03. The molecule has 4 aromatic rings. The van der Waals surface area contributed by atoms with Crippen molar-refractivity contribution in [2.75, 3.05) is 6.61 Å². The van der Waals surface area contributed by atoms with Gasteiger partial charge in [0, 0.05) is 15.6 Å². The molecule has 4 rings (SSSR count). The minimum Gasteiger partial charge on any atom is -0.395 e. The van der Waals surface area contributed by atoms with E-state index >= 15 is 0 Å². The van der Waals surface area contributed by atoms with E-state index in [1.54, 1.807) is 6.92 Å². The monoisotopic (exact) mass is 429 g/mol. The van der Waals surface area contributed by atoms with Crippen molar-refractivity contribution in [2.45, 2.75) is 20.4 Å². The Morgan fingerprint density at radius 2 is 1.92 bits per heavy atom. The molecule has 1 aromatic carbocycles. The number of aliphatic hydroxyl groups excluding tert-OH is 1. The largest absolute Gasteiger partial charge is 0.395 e. The normalized spacial score (nSPS) is 11.5. The fraction of sp³-hybridized carbons (Fsp3) is 0.211. The number of hydrogen-bond donors (Lipinski definition) is 1. The van der Waals surface area contributed by atoms with Gasteiger partial charge in [0.15, 0.2) is 0 Å². The summed E-state index contributed by atoms with van der Waals surface area (Å²) in [7, 11) is 0. The second kappa shape index (κ2) is 6.57. The molecule has 3 heterocycles. The van der Waals surface area contributed by atoms with Crippen LogP contribution in [0.15, 0.2) is 39.6 Å². The Bertz CT molecular complexity index is 1200. The van der Waals surface area contributed by atoms with E-state index in [1.807, 2.05) is 37.3 Å². The molecular formula is C19H16BrN3O2S. The van der Waals surface area contributed by atoms with Gasteiger partial charge in [-0.2, -0.15) is 0 Å². The van der Waals surface area contributed by atoms with Crippen LogP contribution < -0.4 is 5.56 Å². The summed E-state index contributed by atoms with van der Waals surface area (Å²) >= 11 is 4.83. The summed E-state index contributed by atoms with van der Waals surface area (Å²) in [5.74, 6) is 0.596. The molecule has 0 saturated heterocycles. The predicted molar refractivity (Wildman–Crippen MR) is 109 cm³/mol. The van der Waals surface area contributed by atoms with Crippen molar-refractivity contribution in [1.82, 2.24) is 14.5 Å². The zero-order chi connectivity index (χ0) is 18.4. The first-order chi connectivity index (χ1) is 12.5. The zero-order valence-electron chi connectivity index (χ0n) is 14.3. The molecule has 0 unspecified atom stereocenters. The van der Waals surface area contributed by atoms with Crippen molar-refractivity contribution in [2.24, 2.45) is 0 Å². The van der Waals surface area contributed by atoms with Gasteiger partial charge >= 0.3 is 0 Å². The number of aliphatic hydroxyl groups is 1. The van der Waals surface area contributed by atoms with Crippen molar-refractivity contribution in [3.05, 3.63) is 56.7 Å². The summed E-state index contributed by atoms with van der Waals surface area (Å²) in [6.07, 6.45) is 0. The van der Waals surface area contributed by atoms with Crippen LogP contribution in [-0.2, 0) is 6.54 Å². The van der Waals surface area contributed by atoms with Crippen LogP contribution in [0.3, 0.4) is 0 Å². The molecule has 0 aliphatic carbocycles. The Kier molecular flexibility index (Phi) is 4.38. The molecule has 0 aliphatic rings. The third kappa shape index (κ3) is 2.76. The van der Waals surface area contributed by atoms with Crippen LogP contribution in [0.25, 0.3) is 31.6 Å². The Hall–Kier alpha value is -2.09. The maximum Gasteiger partial charge on any atom is 0.271 e. The minimum atomic E-state index is -0.121. The SMILES string of the molecule is Cc1cc(-c2ccc(Br)cc2)c2c(n1)sc1c(=O)n(CCO)c(C)nc12. The van der Waals surface area contributed by atoms with Crippen LogP contribution in [0.2, 0.25) is 0 Å². The van der Waals surface area contributed by atoms with Gasteiger partial charge in [-0.05, 0) is 43.2 Å². The van der Waals surface area contributed by atoms with E-state index in [2.05, 4.69) is 25.9 Å². The molecule has 0 saturated carbocycles. The highest BCUT2D eigenvalue weighted by molar-refractivity contribution is 9.10. The number of aryl methyl sites for hydroxylation is 2. The van der Waals surface area contributed by atoms with Gasteiger partial charge in [0.25, 0.3) is 5.56 Å². The van der Waals surface area contributed by atoms with E-state index in [0.29, 0.717) is 16.0 Å². The van der Waals surface area contributed by atoms with Crippen molar-refractivity contribution >= 4 is 47.7 Å². The number of hydrogen-bond acceptors (Lipinski definition) is 5. The number of nitrogens with zero attached hydrogens (tertiary/aromatic N) is 3. The van der Waals surface area contributed by atoms with Crippen LogP contribution in [0, 0.1) is 13.8 Å². The first-order valence-corrected chi connectivity index (χ1v) is 9.78. The van der Waals surface area contributed by atoms with Crippen molar-refractivity contribution in [3.8, 4) is 11.1 Å². The standard InChI is InChI=1S/C19H16BrN3O2S/c1-10-9-14(12-3-5-13(20)6-4-12)15-16-17(26-18(15)21-10)19(25)23(7-8-24)11(2)22-16/h3-6,9,24H,7-8H2,1-2H3. The summed E-state index contributed by atoms with van der Waals surface area (Å²) in [6.45, 7) is 3.89. The maximum absolute atomic E-state index is 12.9. The van der Waals surface area contributed by atoms with Crippen molar-refractivity contribution in [1.29, 1.82) is 0 Å². The van der Waals surface area contributed by atoms with Gasteiger partial charge in [-0.25, -0.2) is 9.97 Å². The highest BCUT2D eigenvalue weighted by Gasteiger charge is 2.18. The molecule has 0 aliphatic heterocycles. The Morgan fingerprint density at radius 1 is 1.19 bits per heavy atom. The van der Waals surface area contributed by atoms with Gasteiger partial charge in [-0.1, -0.05) is 28.1 Å². The molecule has 3 aromatic heterocycles. The van der Waals surface area contributed by atoms with Gasteiger partial charge in [-0.15, -0.1) is 11.3 Å². The number of aromatic nitrogens is 3. The van der Waals surface area contributed by atoms with Gasteiger partial charge < -0.3 is 5.11 Å². The average molecular weight is 430 g/mol. The number of fused-ring (bicyclic) bond motifs is 3. The predicted octanol–water partition coefficient (Wildman–Crippen LogP) is 4.04. The molecule has 26 heavy (non-hydrogen) atoms. The van der Waals surface area contributed by atoms with Crippen LogP contribution in [0.5, 0.6) is 0 Å². The van der Waals surface area contributed by atoms with E-state index in [1.165, 1.54) is 15.9 Å². The minimum absolute atomic E-state index is 0.0969. The molecule has 0 amide bonds. The number of halogens is 1. The lowest BCUT2D eigenvalue weighted by Gasteiger charge is -2.08. The number of rotatable bonds is 3. The molecular weight excluding hydrogens is 414 g/mol. The van der Waals surface area contributed by atoms with Crippen LogP contribution in [0.1, 0.15) is 11.5 Å². The van der Waals surface area contributed by atoms with E-state index < -0.39 is 0 Å². The van der Waals surface area contributed by atoms with Crippen LogP contribution in [-0.4, -0.2) is 26.2 Å². The fourth-order valence-electron chi connectivity index (χ4n) is 3.17. The number of benzene rings is 1. The van der Waals surface area contributed by atoms with E-state index in [-0.39, 0.29) is 18.7 Å². The fourth-order valence-corrected chi connectivity index (χ4v) is 4.57. The van der Waals surface area contributed by atoms with Crippen LogP contribution >= 0.6 is 27.3 Å². The summed E-state index contributed by atoms with van der Waals surface area (Å²) in [4.78, 5) is 23.0. The third-order valence-corrected chi connectivity index (χ3v) is 5.94. The topological polar surface area (TPSA) is 68.0 Å². The summed E-state index contributed by atoms with van der Waals surface area (Å²) in [5.41, 5.74) is 3.55. The lowest BCUT2D eigenvalue weighted by atomic mass is 10.0. The van der Waals surface area contributed by atoms with E-state index in [0.717, 1.165) is 31.5 Å². The van der Waals surface area contributed by atoms with Crippen LogP contribution in [0.4, 0.5) is 0 Å². The quantitative estimate of drug-likeness (QED) is 0.533. The molecule has 0 atom stereocenters. The van der Waals surface area contributed by atoms with Gasteiger partial charge in [0.05, 0.1) is 18.7 Å². The summed E-state index contributed by atoms with van der Waals surface area (Å²) in [6, 6.07) is 10.1. The lowest BCUT2D eigenvalue weighted by Crippen LogP contribution is -2.24. The first-order valence-electron chi connectivity index (χ1n) is 8.17. The summed E-state index contributed by atoms with van der Waals surface area (Å²) < 4.78 is 3.11. The highest BCUT2D eigenvalue weighted by atomic mass is 79.9. The van der Waals surface area contributed by atoms with Gasteiger partial charge in [0.1, 0.15) is 15.4 Å². The zero-order valence-corrected chi connectivity index (χ0v) is 16.7. The van der Waals surface area contributed by atoms with Crippen molar-refractivity contribution < 1.29 is 5.11 Å². The number of thiophene rings is 1. The van der Waals surface area contributed by atoms with E-state index in [4.69, 9.17) is 0 Å². The average Bonchev–Trinajstić information content (AvgIpc) is 2.97. The molecule has 7 heteroatoms. The molecule has 0 radical (unpaired) electrons. The molecule has 0 fully saturated rings. The lowest BCUT2D eigenvalue weighted by molar-refractivity contribution is 0.272. The third-order valence-electron chi connectivity index (χ3n) is 4.35. The van der Waals surface area contributed by atoms with Gasteiger partial charge in [0.2, 0.25) is 0 Å². The highest BCUT2D eigenvalue weighted by Crippen LogP contribution is 2.37. The maximum atomic E-state index is 12.9. The molecule has 132 valence electrons. The Morgan fingerprint density at radius 3 is 2.62 bits per heavy atom. The first kappa shape index (κ1) is 17.3. The molecule has 0 spiro atoms. The molecule has 0 bridgehead atoms. The summed E-state index contributed by atoms with van der Waals surface area (Å²) in [5, 5.41) is 10.1. The second-order valence-electron chi connectivity index (χ2n) is 6.12. The van der Waals surface area contributed by atoms with Gasteiger partial charge in [-0.3, -0.25) is 9.36 Å².